The molecule has 0 amide bonds. The van der Waals surface area contributed by atoms with Crippen LogP contribution in [0.4, 0.5) is 0 Å². The van der Waals surface area contributed by atoms with Gasteiger partial charge in [0.1, 0.15) is 0 Å². The molecule has 2 heteroatoms. The molecule has 2 nitrogen and oxygen atoms in total. The first-order valence-electron chi connectivity index (χ1n) is 7.80. The molecule has 0 aliphatic heterocycles. The maximum atomic E-state index is 10.2. The molecule has 0 bridgehead atoms. The molecule has 0 saturated heterocycles. The van der Waals surface area contributed by atoms with Crippen LogP contribution in [0.1, 0.15) is 50.3 Å². The molecule has 1 aromatic carbocycles. The second-order valence-corrected chi connectivity index (χ2v) is 6.24. The molecule has 2 rings (SSSR count). The minimum Gasteiger partial charge on any atom is -0.387 e. The lowest BCUT2D eigenvalue weighted by Gasteiger charge is -2.21. The molecule has 0 spiro atoms. The molecular weight excluding hydrogens is 246 g/mol. The predicted molar refractivity (Wildman–Crippen MR) is 84.7 cm³/mol. The normalized spacial score (nSPS) is 20.3. The summed E-state index contributed by atoms with van der Waals surface area (Å²) >= 11 is 0. The topological polar surface area (TPSA) is 32.3 Å². The van der Waals surface area contributed by atoms with Crippen LogP contribution in [0.15, 0.2) is 36.4 Å². The van der Waals surface area contributed by atoms with Crippen molar-refractivity contribution in [3.63, 3.8) is 0 Å². The van der Waals surface area contributed by atoms with Crippen LogP contribution in [0.3, 0.4) is 0 Å². The maximum Gasteiger partial charge on any atom is 0.0914 e. The van der Waals surface area contributed by atoms with Gasteiger partial charge in [0.2, 0.25) is 0 Å². The summed E-state index contributed by atoms with van der Waals surface area (Å²) in [5, 5.41) is 13.7. The number of allylic oxidation sites excluding steroid dienone is 1. The molecule has 20 heavy (non-hydrogen) atoms. The van der Waals surface area contributed by atoms with E-state index < -0.39 is 6.10 Å². The smallest absolute Gasteiger partial charge is 0.0914 e. The van der Waals surface area contributed by atoms with Crippen LogP contribution in [0.25, 0.3) is 0 Å². The Labute approximate surface area is 122 Å². The minimum absolute atomic E-state index is 0.408. The Morgan fingerprint density at radius 3 is 2.55 bits per heavy atom. The van der Waals surface area contributed by atoms with Crippen molar-refractivity contribution in [2.45, 2.75) is 51.7 Å². The van der Waals surface area contributed by atoms with Crippen molar-refractivity contribution in [3.05, 3.63) is 47.5 Å². The molecule has 0 saturated carbocycles. The van der Waals surface area contributed by atoms with Crippen molar-refractivity contribution in [1.82, 2.24) is 5.32 Å². The Morgan fingerprint density at radius 1 is 1.20 bits per heavy atom. The summed E-state index contributed by atoms with van der Waals surface area (Å²) in [5.74, 6) is 0.673. The monoisotopic (exact) mass is 273 g/mol. The summed E-state index contributed by atoms with van der Waals surface area (Å²) in [4.78, 5) is 0. The van der Waals surface area contributed by atoms with Crippen molar-refractivity contribution in [1.29, 1.82) is 0 Å². The van der Waals surface area contributed by atoms with Gasteiger partial charge in [0.15, 0.2) is 0 Å². The average molecular weight is 273 g/mol. The second kappa shape index (κ2) is 7.61. The lowest BCUT2D eigenvalue weighted by molar-refractivity contribution is 0.168. The lowest BCUT2D eigenvalue weighted by Crippen LogP contribution is -2.33. The van der Waals surface area contributed by atoms with E-state index in [4.69, 9.17) is 0 Å². The van der Waals surface area contributed by atoms with Gasteiger partial charge in [-0.2, -0.15) is 0 Å². The first-order valence-corrected chi connectivity index (χ1v) is 7.80. The Kier molecular flexibility index (Phi) is 5.81. The van der Waals surface area contributed by atoms with Gasteiger partial charge in [-0.1, -0.05) is 50.3 Å². The molecule has 2 atom stereocenters. The Bertz CT molecular complexity index is 422. The average Bonchev–Trinajstić information content (AvgIpc) is 2.46. The van der Waals surface area contributed by atoms with Crippen molar-refractivity contribution < 1.29 is 5.11 Å². The van der Waals surface area contributed by atoms with E-state index in [2.05, 4.69) is 55.6 Å². The number of nitrogens with one attached hydrogen (secondary N) is 1. The van der Waals surface area contributed by atoms with Crippen molar-refractivity contribution in [2.24, 2.45) is 5.92 Å². The Morgan fingerprint density at radius 2 is 1.95 bits per heavy atom. The van der Waals surface area contributed by atoms with Gasteiger partial charge in [-0.05, 0) is 42.7 Å². The first kappa shape index (κ1) is 15.3. The van der Waals surface area contributed by atoms with Crippen LogP contribution in [0, 0.1) is 5.92 Å². The van der Waals surface area contributed by atoms with Crippen LogP contribution in [0.2, 0.25) is 0 Å². The van der Waals surface area contributed by atoms with Crippen LogP contribution in [-0.2, 0) is 6.42 Å². The van der Waals surface area contributed by atoms with Crippen LogP contribution in [-0.4, -0.2) is 17.7 Å². The first-order chi connectivity index (χ1) is 9.65. The number of hydrogen-bond acceptors (Lipinski definition) is 2. The largest absolute Gasteiger partial charge is 0.387 e. The van der Waals surface area contributed by atoms with E-state index >= 15 is 0 Å². The fourth-order valence-electron chi connectivity index (χ4n) is 2.72. The summed E-state index contributed by atoms with van der Waals surface area (Å²) in [6, 6.07) is 8.93. The molecule has 0 heterocycles. The highest BCUT2D eigenvalue weighted by Crippen LogP contribution is 2.17. The Balaban J connectivity index is 1.82. The van der Waals surface area contributed by atoms with E-state index in [0.29, 0.717) is 18.5 Å². The van der Waals surface area contributed by atoms with Gasteiger partial charge in [-0.25, -0.2) is 0 Å². The number of aliphatic hydroxyl groups excluding tert-OH is 1. The summed E-state index contributed by atoms with van der Waals surface area (Å²) in [7, 11) is 0. The van der Waals surface area contributed by atoms with Crippen molar-refractivity contribution >= 4 is 0 Å². The lowest BCUT2D eigenvalue weighted by atomic mass is 9.99. The molecule has 110 valence electrons. The molecule has 2 N–H and O–H groups in total. The second-order valence-electron chi connectivity index (χ2n) is 6.24. The van der Waals surface area contributed by atoms with Gasteiger partial charge in [-0.3, -0.25) is 0 Å². The maximum absolute atomic E-state index is 10.2. The van der Waals surface area contributed by atoms with Crippen molar-refractivity contribution in [2.75, 3.05) is 6.54 Å². The van der Waals surface area contributed by atoms with Gasteiger partial charge < -0.3 is 10.4 Å². The van der Waals surface area contributed by atoms with Gasteiger partial charge in [0.05, 0.1) is 6.10 Å². The molecule has 1 aliphatic rings. The van der Waals surface area contributed by atoms with Crippen LogP contribution in [0.5, 0.6) is 0 Å². The van der Waals surface area contributed by atoms with Crippen LogP contribution >= 0.6 is 0 Å². The third-order valence-electron chi connectivity index (χ3n) is 3.88. The van der Waals surface area contributed by atoms with E-state index in [-0.39, 0.29) is 0 Å². The number of hydrogen-bond donors (Lipinski definition) is 2. The van der Waals surface area contributed by atoms with E-state index in [1.807, 2.05) is 0 Å². The van der Waals surface area contributed by atoms with Gasteiger partial charge in [-0.15, -0.1) is 0 Å². The van der Waals surface area contributed by atoms with E-state index in [0.717, 1.165) is 24.8 Å². The zero-order chi connectivity index (χ0) is 14.4. The molecule has 1 aliphatic carbocycles. The summed E-state index contributed by atoms with van der Waals surface area (Å²) in [6.45, 7) is 5.10. The SMILES string of the molecule is CC(C)Cc1ccc(C(O)CNC2CC=CCC2)cc1. The molecule has 2 unspecified atom stereocenters. The van der Waals surface area contributed by atoms with E-state index in [1.54, 1.807) is 0 Å². The summed E-state index contributed by atoms with van der Waals surface area (Å²) in [5.41, 5.74) is 2.36. The zero-order valence-electron chi connectivity index (χ0n) is 12.7. The fourth-order valence-corrected chi connectivity index (χ4v) is 2.72. The molecule has 0 aromatic heterocycles. The number of benzene rings is 1. The van der Waals surface area contributed by atoms with E-state index in [1.165, 1.54) is 12.0 Å². The number of aliphatic hydroxyl groups is 1. The summed E-state index contributed by atoms with van der Waals surface area (Å²) in [6.07, 6.45) is 8.57. The highest BCUT2D eigenvalue weighted by Gasteiger charge is 2.13. The van der Waals surface area contributed by atoms with Crippen LogP contribution < -0.4 is 5.32 Å². The molecule has 0 fully saturated rings. The van der Waals surface area contributed by atoms with E-state index in [9.17, 15) is 5.11 Å². The van der Waals surface area contributed by atoms with Gasteiger partial charge in [0.25, 0.3) is 0 Å². The minimum atomic E-state index is -0.408. The van der Waals surface area contributed by atoms with Crippen molar-refractivity contribution in [3.8, 4) is 0 Å². The quantitative estimate of drug-likeness (QED) is 0.776. The molecular formula is C18H27NO. The molecule has 1 aromatic rings. The Hall–Kier alpha value is -1.12. The number of rotatable bonds is 6. The van der Waals surface area contributed by atoms with Gasteiger partial charge in [0, 0.05) is 12.6 Å². The third-order valence-corrected chi connectivity index (χ3v) is 3.88. The fraction of sp³-hybridized carbons (Fsp3) is 0.556. The predicted octanol–water partition coefficient (Wildman–Crippen LogP) is 3.62. The van der Waals surface area contributed by atoms with Gasteiger partial charge >= 0.3 is 0 Å². The zero-order valence-corrected chi connectivity index (χ0v) is 12.7. The third kappa shape index (κ3) is 4.77. The highest BCUT2D eigenvalue weighted by molar-refractivity contribution is 5.24. The summed E-state index contributed by atoms with van der Waals surface area (Å²) < 4.78 is 0. The highest BCUT2D eigenvalue weighted by atomic mass is 16.3. The molecule has 0 radical (unpaired) electrons. The standard InChI is InChI=1S/C18H27NO/c1-14(2)12-15-8-10-16(11-9-15)18(20)13-19-17-6-4-3-5-7-17/h3-4,8-11,14,17-20H,5-7,12-13H2,1-2H3.